The van der Waals surface area contributed by atoms with Gasteiger partial charge in [0.25, 0.3) is 0 Å². The molecule has 5 heteroatoms. The molecule has 4 rings (SSSR count). The van der Waals surface area contributed by atoms with E-state index in [4.69, 9.17) is 0 Å². The van der Waals surface area contributed by atoms with Gasteiger partial charge in [-0.05, 0) is 49.1 Å². The molecule has 0 bridgehead atoms. The summed E-state index contributed by atoms with van der Waals surface area (Å²) in [5.74, 6) is 0.147. The van der Waals surface area contributed by atoms with Crippen LogP contribution in [0.1, 0.15) is 24.0 Å². The van der Waals surface area contributed by atoms with Crippen molar-refractivity contribution in [2.24, 2.45) is 0 Å². The van der Waals surface area contributed by atoms with Gasteiger partial charge < -0.3 is 14.7 Å². The molecular formula is C26H31N3O2. The van der Waals surface area contributed by atoms with Crippen molar-refractivity contribution >= 4 is 17.5 Å². The van der Waals surface area contributed by atoms with Gasteiger partial charge in [0.15, 0.2) is 0 Å². The van der Waals surface area contributed by atoms with E-state index in [1.54, 1.807) is 4.90 Å². The Morgan fingerprint density at radius 1 is 0.871 bits per heavy atom. The van der Waals surface area contributed by atoms with Gasteiger partial charge in [-0.15, -0.1) is 0 Å². The quantitative estimate of drug-likeness (QED) is 0.717. The maximum absolute atomic E-state index is 13.9. The SMILES string of the molecule is C=CC(=O)N1CCC(C(=O)N2CCN(c3cccc(C)c3)CC2)(c2ccccc2)CC1. The van der Waals surface area contributed by atoms with Gasteiger partial charge in [-0.3, -0.25) is 9.59 Å². The maximum atomic E-state index is 13.9. The van der Waals surface area contributed by atoms with Gasteiger partial charge >= 0.3 is 0 Å². The Labute approximate surface area is 184 Å². The standard InChI is InChI=1S/C26H31N3O2/c1-3-24(30)28-14-12-26(13-15-28,22-9-5-4-6-10-22)25(31)29-18-16-27(17-19-29)23-11-7-8-21(2)20-23/h3-11,20H,1,12-19H2,2H3. The average molecular weight is 418 g/mol. The number of nitrogens with zero attached hydrogens (tertiary/aromatic N) is 3. The molecule has 2 aliphatic heterocycles. The second-order valence-electron chi connectivity index (χ2n) is 8.60. The Hall–Kier alpha value is -3.08. The molecule has 0 spiro atoms. The molecule has 5 nitrogen and oxygen atoms in total. The van der Waals surface area contributed by atoms with Crippen LogP contribution in [0.2, 0.25) is 0 Å². The van der Waals surface area contributed by atoms with Gasteiger partial charge in [-0.1, -0.05) is 49.0 Å². The van der Waals surface area contributed by atoms with Crippen LogP contribution < -0.4 is 4.90 Å². The molecule has 0 radical (unpaired) electrons. The van der Waals surface area contributed by atoms with Gasteiger partial charge in [-0.25, -0.2) is 0 Å². The number of benzene rings is 2. The van der Waals surface area contributed by atoms with E-state index < -0.39 is 5.41 Å². The summed E-state index contributed by atoms with van der Waals surface area (Å²) >= 11 is 0. The first-order valence-electron chi connectivity index (χ1n) is 11.1. The van der Waals surface area contributed by atoms with Crippen molar-refractivity contribution < 1.29 is 9.59 Å². The number of hydrogen-bond donors (Lipinski definition) is 0. The van der Waals surface area contributed by atoms with E-state index >= 15 is 0 Å². The lowest BCUT2D eigenvalue weighted by Gasteiger charge is -2.45. The highest BCUT2D eigenvalue weighted by molar-refractivity contribution is 5.90. The first-order chi connectivity index (χ1) is 15.0. The largest absolute Gasteiger partial charge is 0.368 e. The zero-order chi connectivity index (χ0) is 21.8. The maximum Gasteiger partial charge on any atom is 0.245 e. The van der Waals surface area contributed by atoms with E-state index in [1.165, 1.54) is 17.3 Å². The monoisotopic (exact) mass is 417 g/mol. The lowest BCUT2D eigenvalue weighted by atomic mass is 9.71. The molecule has 31 heavy (non-hydrogen) atoms. The third-order valence-electron chi connectivity index (χ3n) is 6.77. The molecule has 0 atom stereocenters. The highest BCUT2D eigenvalue weighted by atomic mass is 16.2. The van der Waals surface area contributed by atoms with Crippen LogP contribution in [0.15, 0.2) is 67.3 Å². The molecule has 0 N–H and O–H groups in total. The minimum Gasteiger partial charge on any atom is -0.368 e. The van der Waals surface area contributed by atoms with E-state index in [9.17, 15) is 9.59 Å². The first kappa shape index (κ1) is 21.2. The second-order valence-corrected chi connectivity index (χ2v) is 8.60. The summed E-state index contributed by atoms with van der Waals surface area (Å²) in [5, 5.41) is 0. The molecule has 0 aliphatic carbocycles. The number of piperazine rings is 1. The first-order valence-corrected chi connectivity index (χ1v) is 11.1. The van der Waals surface area contributed by atoms with Gasteiger partial charge in [0.2, 0.25) is 11.8 Å². The van der Waals surface area contributed by atoms with Crippen LogP contribution in [0.5, 0.6) is 0 Å². The van der Waals surface area contributed by atoms with Crippen molar-refractivity contribution in [1.82, 2.24) is 9.80 Å². The predicted molar refractivity (Wildman–Crippen MR) is 124 cm³/mol. The number of anilines is 1. The number of amides is 2. The Bertz CT molecular complexity index is 940. The smallest absolute Gasteiger partial charge is 0.245 e. The fraction of sp³-hybridized carbons (Fsp3) is 0.385. The molecule has 0 saturated carbocycles. The topological polar surface area (TPSA) is 43.9 Å². The number of carbonyl (C=O) groups excluding carboxylic acids is 2. The lowest BCUT2D eigenvalue weighted by Crippen LogP contribution is -2.57. The normalized spacial score (nSPS) is 18.5. The summed E-state index contributed by atoms with van der Waals surface area (Å²) in [4.78, 5) is 32.2. The fourth-order valence-corrected chi connectivity index (χ4v) is 4.92. The molecule has 2 saturated heterocycles. The van der Waals surface area contributed by atoms with Crippen LogP contribution in [0.4, 0.5) is 5.69 Å². The molecule has 2 fully saturated rings. The Kier molecular flexibility index (Phi) is 6.12. The molecule has 162 valence electrons. The van der Waals surface area contributed by atoms with Crippen molar-refractivity contribution in [3.63, 3.8) is 0 Å². The summed E-state index contributed by atoms with van der Waals surface area (Å²) in [6, 6.07) is 18.7. The minimum atomic E-state index is -0.565. The van der Waals surface area contributed by atoms with E-state index in [1.807, 2.05) is 23.1 Å². The number of rotatable bonds is 4. The van der Waals surface area contributed by atoms with E-state index in [-0.39, 0.29) is 11.8 Å². The van der Waals surface area contributed by atoms with Crippen LogP contribution in [-0.4, -0.2) is 60.9 Å². The third kappa shape index (κ3) is 4.22. The van der Waals surface area contributed by atoms with Crippen molar-refractivity contribution in [2.75, 3.05) is 44.2 Å². The van der Waals surface area contributed by atoms with Crippen LogP contribution in [0.25, 0.3) is 0 Å². The van der Waals surface area contributed by atoms with Crippen LogP contribution in [0, 0.1) is 6.92 Å². The van der Waals surface area contributed by atoms with Gasteiger partial charge in [-0.2, -0.15) is 0 Å². The number of aryl methyl sites for hydroxylation is 1. The van der Waals surface area contributed by atoms with Gasteiger partial charge in [0.1, 0.15) is 0 Å². The van der Waals surface area contributed by atoms with Crippen molar-refractivity contribution in [1.29, 1.82) is 0 Å². The van der Waals surface area contributed by atoms with Crippen molar-refractivity contribution in [3.05, 3.63) is 78.4 Å². The number of piperidine rings is 1. The lowest BCUT2D eigenvalue weighted by molar-refractivity contribution is -0.142. The number of hydrogen-bond acceptors (Lipinski definition) is 3. The van der Waals surface area contributed by atoms with Crippen molar-refractivity contribution in [3.8, 4) is 0 Å². The summed E-state index contributed by atoms with van der Waals surface area (Å²) in [6.07, 6.45) is 2.66. The zero-order valence-electron chi connectivity index (χ0n) is 18.3. The van der Waals surface area contributed by atoms with E-state index in [0.29, 0.717) is 25.9 Å². The highest BCUT2D eigenvalue weighted by Gasteiger charge is 2.45. The summed E-state index contributed by atoms with van der Waals surface area (Å²) in [7, 11) is 0. The molecule has 2 aromatic rings. The molecule has 2 amide bonds. The predicted octanol–water partition coefficient (Wildman–Crippen LogP) is 3.39. The molecule has 2 aliphatic rings. The molecule has 2 aromatic carbocycles. The van der Waals surface area contributed by atoms with Crippen LogP contribution in [0.3, 0.4) is 0 Å². The Morgan fingerprint density at radius 3 is 2.16 bits per heavy atom. The molecule has 0 aromatic heterocycles. The highest BCUT2D eigenvalue weighted by Crippen LogP contribution is 2.38. The van der Waals surface area contributed by atoms with Crippen molar-refractivity contribution in [2.45, 2.75) is 25.2 Å². The minimum absolute atomic E-state index is 0.0547. The number of carbonyl (C=O) groups is 2. The summed E-state index contributed by atoms with van der Waals surface area (Å²) in [5.41, 5.74) is 2.97. The van der Waals surface area contributed by atoms with Crippen LogP contribution in [-0.2, 0) is 15.0 Å². The average Bonchev–Trinajstić information content (AvgIpc) is 2.84. The molecular weight excluding hydrogens is 386 g/mol. The molecule has 0 unspecified atom stereocenters. The summed E-state index contributed by atoms with van der Waals surface area (Å²) < 4.78 is 0. The molecule has 2 heterocycles. The summed E-state index contributed by atoms with van der Waals surface area (Å²) in [6.45, 7) is 9.98. The Balaban J connectivity index is 1.51. The van der Waals surface area contributed by atoms with E-state index in [0.717, 1.165) is 31.7 Å². The Morgan fingerprint density at radius 2 is 1.55 bits per heavy atom. The third-order valence-corrected chi connectivity index (χ3v) is 6.77. The number of likely N-dealkylation sites (tertiary alicyclic amines) is 1. The zero-order valence-corrected chi connectivity index (χ0v) is 18.3. The van der Waals surface area contributed by atoms with Gasteiger partial charge in [0.05, 0.1) is 5.41 Å². The van der Waals surface area contributed by atoms with E-state index in [2.05, 4.69) is 54.8 Å². The van der Waals surface area contributed by atoms with Crippen LogP contribution >= 0.6 is 0 Å². The fourth-order valence-electron chi connectivity index (χ4n) is 4.92. The second kappa shape index (κ2) is 8.96. The van der Waals surface area contributed by atoms with Gasteiger partial charge in [0, 0.05) is 45.0 Å².